The summed E-state index contributed by atoms with van der Waals surface area (Å²) in [5.74, 6) is -0.0704. The fourth-order valence-electron chi connectivity index (χ4n) is 3.19. The Balaban J connectivity index is 1.73. The van der Waals surface area contributed by atoms with E-state index in [4.69, 9.17) is 5.26 Å². The summed E-state index contributed by atoms with van der Waals surface area (Å²) >= 11 is 0. The molecule has 1 aliphatic rings. The average Bonchev–Trinajstić information content (AvgIpc) is 3.04. The minimum atomic E-state index is -0.487. The van der Waals surface area contributed by atoms with E-state index < -0.39 is 6.04 Å². The highest BCUT2D eigenvalue weighted by molar-refractivity contribution is 6.02. The summed E-state index contributed by atoms with van der Waals surface area (Å²) in [5.41, 5.74) is 1.86. The van der Waals surface area contributed by atoms with Gasteiger partial charge in [0.05, 0.1) is 11.6 Å². The van der Waals surface area contributed by atoms with Crippen LogP contribution in [-0.2, 0) is 4.79 Å². The van der Waals surface area contributed by atoms with Gasteiger partial charge in [-0.2, -0.15) is 5.26 Å². The molecule has 1 saturated heterocycles. The summed E-state index contributed by atoms with van der Waals surface area (Å²) in [6.07, 6.45) is 0.590. The molecule has 6 nitrogen and oxygen atoms in total. The van der Waals surface area contributed by atoms with Gasteiger partial charge in [-0.3, -0.25) is 4.79 Å². The minimum Gasteiger partial charge on any atom is -0.313 e. The molecule has 0 aliphatic carbocycles. The van der Waals surface area contributed by atoms with Crippen molar-refractivity contribution in [2.24, 2.45) is 0 Å². The lowest BCUT2D eigenvalue weighted by atomic mass is 10.2. The second-order valence-corrected chi connectivity index (χ2v) is 6.04. The number of hydrogen-bond acceptors (Lipinski definition) is 3. The van der Waals surface area contributed by atoms with Gasteiger partial charge >= 0.3 is 6.03 Å². The molecule has 3 rings (SSSR count). The van der Waals surface area contributed by atoms with Crippen LogP contribution in [0.1, 0.15) is 18.9 Å². The first-order chi connectivity index (χ1) is 12.6. The van der Waals surface area contributed by atoms with Crippen LogP contribution in [0.15, 0.2) is 54.6 Å². The molecule has 0 spiro atoms. The highest BCUT2D eigenvalue weighted by atomic mass is 16.2. The van der Waals surface area contributed by atoms with E-state index in [9.17, 15) is 9.59 Å². The maximum atomic E-state index is 12.8. The summed E-state index contributed by atoms with van der Waals surface area (Å²) in [4.78, 5) is 28.8. The third-order valence-corrected chi connectivity index (χ3v) is 4.47. The van der Waals surface area contributed by atoms with Crippen molar-refractivity contribution in [3.8, 4) is 6.07 Å². The zero-order valence-electron chi connectivity index (χ0n) is 14.6. The second kappa shape index (κ2) is 7.70. The Labute approximate surface area is 152 Å². The van der Waals surface area contributed by atoms with E-state index in [2.05, 4.69) is 5.32 Å². The molecule has 0 unspecified atom stereocenters. The van der Waals surface area contributed by atoms with Crippen LogP contribution in [0.2, 0.25) is 0 Å². The van der Waals surface area contributed by atoms with E-state index in [0.29, 0.717) is 30.8 Å². The highest BCUT2D eigenvalue weighted by Crippen LogP contribution is 2.24. The van der Waals surface area contributed by atoms with Crippen molar-refractivity contribution in [1.29, 1.82) is 5.26 Å². The van der Waals surface area contributed by atoms with Gasteiger partial charge < -0.3 is 15.1 Å². The van der Waals surface area contributed by atoms with Crippen LogP contribution in [0.4, 0.5) is 16.2 Å². The van der Waals surface area contributed by atoms with Crippen molar-refractivity contribution < 1.29 is 9.59 Å². The van der Waals surface area contributed by atoms with Crippen LogP contribution in [-0.4, -0.2) is 36.0 Å². The van der Waals surface area contributed by atoms with Crippen LogP contribution in [0.3, 0.4) is 0 Å². The molecule has 1 fully saturated rings. The smallest absolute Gasteiger partial charge is 0.313 e. The van der Waals surface area contributed by atoms with E-state index in [1.54, 1.807) is 34.1 Å². The van der Waals surface area contributed by atoms with Gasteiger partial charge in [0.25, 0.3) is 0 Å². The largest absolute Gasteiger partial charge is 0.322 e. The topological polar surface area (TPSA) is 76.4 Å². The Kier molecular flexibility index (Phi) is 5.18. The number of benzene rings is 2. The van der Waals surface area contributed by atoms with Crippen molar-refractivity contribution in [1.82, 2.24) is 4.90 Å². The standard InChI is InChI=1S/C20H20N4O2/c1-2-23(20(26)22-16-8-6-7-15(13-16)14-21)18-11-12-24(19(18)25)17-9-4-3-5-10-17/h3-10,13,18H,2,11-12H2,1H3,(H,22,26)/t18-/m0/s1. The predicted molar refractivity (Wildman–Crippen MR) is 99.8 cm³/mol. The molecular formula is C20H20N4O2. The lowest BCUT2D eigenvalue weighted by Gasteiger charge is -2.27. The number of urea groups is 1. The van der Waals surface area contributed by atoms with Gasteiger partial charge in [-0.15, -0.1) is 0 Å². The predicted octanol–water partition coefficient (Wildman–Crippen LogP) is 3.22. The van der Waals surface area contributed by atoms with Gasteiger partial charge in [0.2, 0.25) is 5.91 Å². The van der Waals surface area contributed by atoms with Gasteiger partial charge in [-0.1, -0.05) is 24.3 Å². The molecule has 26 heavy (non-hydrogen) atoms. The number of nitriles is 1. The maximum Gasteiger partial charge on any atom is 0.322 e. The average molecular weight is 348 g/mol. The van der Waals surface area contributed by atoms with E-state index in [1.165, 1.54) is 0 Å². The fourth-order valence-corrected chi connectivity index (χ4v) is 3.19. The molecule has 1 N–H and O–H groups in total. The summed E-state index contributed by atoms with van der Waals surface area (Å²) < 4.78 is 0. The van der Waals surface area contributed by atoms with Gasteiger partial charge in [-0.05, 0) is 43.7 Å². The van der Waals surface area contributed by atoms with Gasteiger partial charge in [-0.25, -0.2) is 4.79 Å². The summed E-state index contributed by atoms with van der Waals surface area (Å²) in [5, 5.41) is 11.8. The first-order valence-corrected chi connectivity index (χ1v) is 8.58. The number of nitrogens with zero attached hydrogens (tertiary/aromatic N) is 3. The number of rotatable bonds is 4. The number of likely N-dealkylation sites (N-methyl/N-ethyl adjacent to an activating group) is 1. The van der Waals surface area contributed by atoms with Crippen molar-refractivity contribution in [3.63, 3.8) is 0 Å². The SMILES string of the molecule is CCN(C(=O)Nc1cccc(C#N)c1)[C@H]1CCN(c2ccccc2)C1=O. The maximum absolute atomic E-state index is 12.8. The molecule has 0 radical (unpaired) electrons. The van der Waals surface area contributed by atoms with Crippen LogP contribution < -0.4 is 10.2 Å². The minimum absolute atomic E-state index is 0.0704. The molecular weight excluding hydrogens is 328 g/mol. The lowest BCUT2D eigenvalue weighted by molar-refractivity contribution is -0.120. The highest BCUT2D eigenvalue weighted by Gasteiger charge is 2.38. The van der Waals surface area contributed by atoms with E-state index in [-0.39, 0.29) is 11.9 Å². The molecule has 1 atom stereocenters. The number of hydrogen-bond donors (Lipinski definition) is 1. The molecule has 2 aromatic carbocycles. The Morgan fingerprint density at radius 3 is 2.73 bits per heavy atom. The molecule has 1 heterocycles. The molecule has 1 aliphatic heterocycles. The Bertz CT molecular complexity index is 844. The first-order valence-electron chi connectivity index (χ1n) is 8.58. The zero-order chi connectivity index (χ0) is 18.5. The summed E-state index contributed by atoms with van der Waals surface area (Å²) in [6.45, 7) is 2.85. The van der Waals surface area contributed by atoms with Crippen molar-refractivity contribution in [2.75, 3.05) is 23.3 Å². The number of nitrogens with one attached hydrogen (secondary N) is 1. The second-order valence-electron chi connectivity index (χ2n) is 6.04. The van der Waals surface area contributed by atoms with Crippen LogP contribution in [0.25, 0.3) is 0 Å². The van der Waals surface area contributed by atoms with Crippen LogP contribution in [0.5, 0.6) is 0 Å². The lowest BCUT2D eigenvalue weighted by Crippen LogP contribution is -2.47. The third-order valence-electron chi connectivity index (χ3n) is 4.47. The van der Waals surface area contributed by atoms with E-state index >= 15 is 0 Å². The number of carbonyl (C=O) groups is 2. The normalized spacial score (nSPS) is 16.2. The van der Waals surface area contributed by atoms with Crippen molar-refractivity contribution in [2.45, 2.75) is 19.4 Å². The Morgan fingerprint density at radius 1 is 1.27 bits per heavy atom. The number of para-hydroxylation sites is 1. The molecule has 2 aromatic rings. The zero-order valence-corrected chi connectivity index (χ0v) is 14.6. The quantitative estimate of drug-likeness (QED) is 0.922. The molecule has 6 heteroatoms. The number of carbonyl (C=O) groups excluding carboxylic acids is 2. The summed E-state index contributed by atoms with van der Waals surface area (Å²) in [6, 6.07) is 17.4. The molecule has 0 saturated carbocycles. The molecule has 132 valence electrons. The van der Waals surface area contributed by atoms with Gasteiger partial charge in [0, 0.05) is 24.5 Å². The van der Waals surface area contributed by atoms with Gasteiger partial charge in [0.15, 0.2) is 0 Å². The number of amides is 3. The van der Waals surface area contributed by atoms with Crippen LogP contribution in [0, 0.1) is 11.3 Å². The third kappa shape index (κ3) is 3.52. The number of anilines is 2. The van der Waals surface area contributed by atoms with Crippen LogP contribution >= 0.6 is 0 Å². The Morgan fingerprint density at radius 2 is 2.04 bits per heavy atom. The first kappa shape index (κ1) is 17.5. The molecule has 0 bridgehead atoms. The van der Waals surface area contributed by atoms with E-state index in [1.807, 2.05) is 43.3 Å². The van der Waals surface area contributed by atoms with Gasteiger partial charge in [0.1, 0.15) is 6.04 Å². The molecule has 3 amide bonds. The Hall–Kier alpha value is -3.33. The fraction of sp³-hybridized carbons (Fsp3) is 0.250. The molecule has 0 aromatic heterocycles. The monoisotopic (exact) mass is 348 g/mol. The van der Waals surface area contributed by atoms with E-state index in [0.717, 1.165) is 5.69 Å². The van der Waals surface area contributed by atoms with Crippen molar-refractivity contribution >= 4 is 23.3 Å². The summed E-state index contributed by atoms with van der Waals surface area (Å²) in [7, 11) is 0. The van der Waals surface area contributed by atoms with Crippen molar-refractivity contribution in [3.05, 3.63) is 60.2 Å².